The van der Waals surface area contributed by atoms with Crippen LogP contribution in [0, 0.1) is 5.92 Å². The molecule has 0 aromatic heterocycles. The highest BCUT2D eigenvalue weighted by Crippen LogP contribution is 2.13. The molecule has 1 rings (SSSR count). The molecule has 1 aromatic rings. The Labute approximate surface area is 124 Å². The maximum Gasteiger partial charge on any atom is 0.264 e. The average molecular weight is 320 g/mol. The fraction of sp³-hybridized carbons (Fsp3) is 0.462. The number of hydrogen-bond acceptors (Lipinski definition) is 4. The van der Waals surface area contributed by atoms with Crippen LogP contribution >= 0.6 is 11.6 Å². The first kappa shape index (κ1) is 16.9. The Bertz CT molecular complexity index is 540. The molecule has 1 aromatic carbocycles. The molecule has 0 spiro atoms. The topological polar surface area (TPSA) is 72.5 Å². The van der Waals surface area contributed by atoms with Gasteiger partial charge in [-0.15, -0.1) is 0 Å². The summed E-state index contributed by atoms with van der Waals surface area (Å²) < 4.78 is 31.0. The summed E-state index contributed by atoms with van der Waals surface area (Å²) in [5.41, 5.74) is 0. The lowest BCUT2D eigenvalue weighted by Crippen LogP contribution is -2.31. The highest BCUT2D eigenvalue weighted by molar-refractivity contribution is 7.90. The van der Waals surface area contributed by atoms with Gasteiger partial charge in [0.1, 0.15) is 0 Å². The Balaban J connectivity index is 2.50. The predicted octanol–water partition coefficient (Wildman–Crippen LogP) is 2.21. The van der Waals surface area contributed by atoms with Crippen molar-refractivity contribution in [3.8, 4) is 0 Å². The maximum absolute atomic E-state index is 11.9. The number of halogens is 1. The van der Waals surface area contributed by atoms with Gasteiger partial charge >= 0.3 is 0 Å². The third kappa shape index (κ3) is 5.90. The van der Waals surface area contributed by atoms with Crippen molar-refractivity contribution in [2.24, 2.45) is 5.92 Å². The Kier molecular flexibility index (Phi) is 6.45. The first-order chi connectivity index (χ1) is 9.31. The Morgan fingerprint density at radius 3 is 2.45 bits per heavy atom. The van der Waals surface area contributed by atoms with Crippen molar-refractivity contribution in [3.63, 3.8) is 0 Å². The summed E-state index contributed by atoms with van der Waals surface area (Å²) in [6.07, 6.45) is -0.000457. The van der Waals surface area contributed by atoms with Crippen LogP contribution in [0.15, 0.2) is 29.2 Å². The van der Waals surface area contributed by atoms with Gasteiger partial charge in [-0.3, -0.25) is 4.79 Å². The van der Waals surface area contributed by atoms with Crippen LogP contribution in [-0.2, 0) is 19.6 Å². The lowest BCUT2D eigenvalue weighted by Gasteiger charge is -2.08. The lowest BCUT2D eigenvalue weighted by atomic mass is 10.2. The molecule has 0 atom stereocenters. The summed E-state index contributed by atoms with van der Waals surface area (Å²) in [4.78, 5) is 11.5. The first-order valence-electron chi connectivity index (χ1n) is 6.20. The molecule has 0 aliphatic rings. The smallest absolute Gasteiger partial charge is 0.264 e. The zero-order valence-electron chi connectivity index (χ0n) is 11.4. The Hall–Kier alpha value is -1.11. The molecule has 1 N–H and O–H groups in total. The van der Waals surface area contributed by atoms with E-state index < -0.39 is 15.9 Å². The average Bonchev–Trinajstić information content (AvgIpc) is 2.34. The van der Waals surface area contributed by atoms with E-state index in [0.29, 0.717) is 17.5 Å². The summed E-state index contributed by atoms with van der Waals surface area (Å²) in [7, 11) is -3.84. The van der Waals surface area contributed by atoms with E-state index in [2.05, 4.69) is 0 Å². The van der Waals surface area contributed by atoms with Crippen molar-refractivity contribution in [1.82, 2.24) is 4.72 Å². The van der Waals surface area contributed by atoms with Crippen LogP contribution in [0.2, 0.25) is 5.02 Å². The van der Waals surface area contributed by atoms with Gasteiger partial charge in [0, 0.05) is 11.6 Å². The van der Waals surface area contributed by atoms with Gasteiger partial charge in [-0.1, -0.05) is 25.4 Å². The van der Waals surface area contributed by atoms with E-state index in [0.717, 1.165) is 0 Å². The zero-order valence-corrected chi connectivity index (χ0v) is 13.0. The molecule has 0 unspecified atom stereocenters. The molecule has 0 bridgehead atoms. The van der Waals surface area contributed by atoms with Crippen LogP contribution in [0.3, 0.4) is 0 Å². The molecule has 20 heavy (non-hydrogen) atoms. The second-order valence-electron chi connectivity index (χ2n) is 4.70. The second-order valence-corrected chi connectivity index (χ2v) is 6.82. The number of carbonyl (C=O) groups is 1. The molecule has 112 valence electrons. The Morgan fingerprint density at radius 2 is 1.90 bits per heavy atom. The monoisotopic (exact) mass is 319 g/mol. The minimum Gasteiger partial charge on any atom is -0.381 e. The van der Waals surface area contributed by atoms with Crippen molar-refractivity contribution in [3.05, 3.63) is 29.3 Å². The highest BCUT2D eigenvalue weighted by atomic mass is 35.5. The summed E-state index contributed by atoms with van der Waals surface area (Å²) in [6.45, 7) is 4.72. The van der Waals surface area contributed by atoms with Crippen LogP contribution in [0.25, 0.3) is 0 Å². The summed E-state index contributed by atoms with van der Waals surface area (Å²) in [6, 6.07) is 5.58. The van der Waals surface area contributed by atoms with Gasteiger partial charge in [0.15, 0.2) is 0 Å². The van der Waals surface area contributed by atoms with Crippen molar-refractivity contribution in [1.29, 1.82) is 0 Å². The molecule has 0 aliphatic carbocycles. The fourth-order valence-electron chi connectivity index (χ4n) is 1.36. The number of sulfonamides is 1. The molecule has 0 heterocycles. The lowest BCUT2D eigenvalue weighted by molar-refractivity contribution is -0.120. The quantitative estimate of drug-likeness (QED) is 0.782. The molecular weight excluding hydrogens is 302 g/mol. The van der Waals surface area contributed by atoms with Gasteiger partial charge in [0.2, 0.25) is 5.91 Å². The van der Waals surface area contributed by atoms with Crippen molar-refractivity contribution in [2.75, 3.05) is 13.2 Å². The molecular formula is C13H18ClNO4S. The fourth-order valence-corrected chi connectivity index (χ4v) is 2.50. The molecule has 1 amide bonds. The predicted molar refractivity (Wildman–Crippen MR) is 77.1 cm³/mol. The van der Waals surface area contributed by atoms with Gasteiger partial charge in [0.25, 0.3) is 10.0 Å². The summed E-state index contributed by atoms with van der Waals surface area (Å²) >= 11 is 5.68. The van der Waals surface area contributed by atoms with Gasteiger partial charge in [-0.2, -0.15) is 0 Å². The van der Waals surface area contributed by atoms with E-state index in [1.54, 1.807) is 0 Å². The van der Waals surface area contributed by atoms with Gasteiger partial charge < -0.3 is 4.74 Å². The normalized spacial score (nSPS) is 11.6. The van der Waals surface area contributed by atoms with E-state index >= 15 is 0 Å². The van der Waals surface area contributed by atoms with E-state index in [1.807, 2.05) is 18.6 Å². The van der Waals surface area contributed by atoms with E-state index in [-0.39, 0.29) is 17.9 Å². The molecule has 0 saturated heterocycles. The SMILES string of the molecule is CC(C)COCCC(=O)NS(=O)(=O)c1ccc(Cl)cc1. The largest absolute Gasteiger partial charge is 0.381 e. The third-order valence-corrected chi connectivity index (χ3v) is 3.94. The number of hydrogen-bond donors (Lipinski definition) is 1. The van der Waals surface area contributed by atoms with Gasteiger partial charge in [-0.25, -0.2) is 13.1 Å². The second kappa shape index (κ2) is 7.61. The molecule has 0 fully saturated rings. The standard InChI is InChI=1S/C13H18ClNO4S/c1-10(2)9-19-8-7-13(16)15-20(17,18)12-5-3-11(14)4-6-12/h3-6,10H,7-9H2,1-2H3,(H,15,16). The highest BCUT2D eigenvalue weighted by Gasteiger charge is 2.17. The van der Waals surface area contributed by atoms with Gasteiger partial charge in [-0.05, 0) is 30.2 Å². The van der Waals surface area contributed by atoms with Crippen LogP contribution < -0.4 is 4.72 Å². The van der Waals surface area contributed by atoms with Crippen molar-refractivity contribution < 1.29 is 17.9 Å². The van der Waals surface area contributed by atoms with Crippen molar-refractivity contribution >= 4 is 27.5 Å². The third-order valence-electron chi connectivity index (χ3n) is 2.30. The van der Waals surface area contributed by atoms with Crippen LogP contribution in [0.5, 0.6) is 0 Å². The van der Waals surface area contributed by atoms with Crippen LogP contribution in [-0.4, -0.2) is 27.5 Å². The first-order valence-corrected chi connectivity index (χ1v) is 8.06. The van der Waals surface area contributed by atoms with E-state index in [9.17, 15) is 13.2 Å². The number of carbonyl (C=O) groups excluding carboxylic acids is 1. The van der Waals surface area contributed by atoms with Crippen molar-refractivity contribution in [2.45, 2.75) is 25.2 Å². The Morgan fingerprint density at radius 1 is 1.30 bits per heavy atom. The minimum atomic E-state index is -3.84. The van der Waals surface area contributed by atoms with E-state index in [4.69, 9.17) is 16.3 Å². The number of ether oxygens (including phenoxy) is 1. The van der Waals surface area contributed by atoms with Crippen LogP contribution in [0.4, 0.5) is 0 Å². The molecule has 0 aliphatic heterocycles. The number of amides is 1. The molecule has 0 saturated carbocycles. The number of rotatable bonds is 7. The van der Waals surface area contributed by atoms with Crippen LogP contribution in [0.1, 0.15) is 20.3 Å². The van der Waals surface area contributed by atoms with E-state index in [1.165, 1.54) is 24.3 Å². The van der Waals surface area contributed by atoms with Gasteiger partial charge in [0.05, 0.1) is 17.9 Å². The maximum atomic E-state index is 11.9. The number of nitrogens with one attached hydrogen (secondary N) is 1. The molecule has 0 radical (unpaired) electrons. The summed E-state index contributed by atoms with van der Waals surface area (Å²) in [5.74, 6) is -0.223. The molecule has 5 nitrogen and oxygen atoms in total. The number of benzene rings is 1. The molecule has 7 heteroatoms. The minimum absolute atomic E-state index is 0.000457. The zero-order chi connectivity index (χ0) is 15.2. The summed E-state index contributed by atoms with van der Waals surface area (Å²) in [5, 5.41) is 0.428.